The molecule has 0 unspecified atom stereocenters. The van der Waals surface area contributed by atoms with Crippen LogP contribution in [0, 0.1) is 0 Å². The van der Waals surface area contributed by atoms with Gasteiger partial charge in [0.2, 0.25) is 6.79 Å². The second-order valence-corrected chi connectivity index (χ2v) is 10.8. The van der Waals surface area contributed by atoms with E-state index in [1.807, 2.05) is 24.3 Å². The number of carbonyl (C=O) groups is 1. The van der Waals surface area contributed by atoms with Crippen molar-refractivity contribution in [2.24, 2.45) is 0 Å². The van der Waals surface area contributed by atoms with E-state index in [1.165, 1.54) is 0 Å². The van der Waals surface area contributed by atoms with Crippen LogP contribution < -0.4 is 14.8 Å². The van der Waals surface area contributed by atoms with Crippen LogP contribution in [-0.2, 0) is 16.4 Å². The summed E-state index contributed by atoms with van der Waals surface area (Å²) in [5, 5.41) is 7.69. The SMILES string of the molecule is CC(C)S(=O)(=O)c1ccc(Cn2nc(C(=O)Nc3ccc4c(c3)OCO4)c3ccccc32)cc1. The molecule has 1 aromatic heterocycles. The minimum absolute atomic E-state index is 0.159. The van der Waals surface area contributed by atoms with Gasteiger partial charge in [0.05, 0.1) is 22.2 Å². The van der Waals surface area contributed by atoms with Crippen LogP contribution in [0.5, 0.6) is 11.5 Å². The predicted molar refractivity (Wildman–Crippen MR) is 128 cm³/mol. The molecule has 0 atom stereocenters. The molecule has 0 saturated heterocycles. The second-order valence-electron chi connectivity index (χ2n) is 8.28. The fourth-order valence-corrected chi connectivity index (χ4v) is 4.87. The number of amides is 1. The van der Waals surface area contributed by atoms with Gasteiger partial charge in [-0.1, -0.05) is 30.3 Å². The number of hydrogen-bond acceptors (Lipinski definition) is 6. The number of para-hydroxylation sites is 1. The first-order chi connectivity index (χ1) is 16.3. The fourth-order valence-electron chi connectivity index (χ4n) is 3.81. The highest BCUT2D eigenvalue weighted by molar-refractivity contribution is 7.92. The zero-order valence-electron chi connectivity index (χ0n) is 18.7. The Labute approximate surface area is 197 Å². The number of aromatic nitrogens is 2. The Morgan fingerprint density at radius 2 is 1.76 bits per heavy atom. The van der Waals surface area contributed by atoms with Crippen molar-refractivity contribution in [3.8, 4) is 11.5 Å². The summed E-state index contributed by atoms with van der Waals surface area (Å²) in [6.07, 6.45) is 0. The number of hydrogen-bond donors (Lipinski definition) is 1. The van der Waals surface area contributed by atoms with Gasteiger partial charge < -0.3 is 14.8 Å². The Bertz CT molecular complexity index is 1490. The number of anilines is 1. The average Bonchev–Trinajstić information content (AvgIpc) is 3.44. The van der Waals surface area contributed by atoms with E-state index >= 15 is 0 Å². The second kappa shape index (κ2) is 8.49. The van der Waals surface area contributed by atoms with E-state index in [1.54, 1.807) is 61.0 Å². The molecule has 1 amide bonds. The van der Waals surface area contributed by atoms with Gasteiger partial charge in [-0.2, -0.15) is 5.10 Å². The van der Waals surface area contributed by atoms with Crippen molar-refractivity contribution in [2.45, 2.75) is 30.5 Å². The molecule has 34 heavy (non-hydrogen) atoms. The van der Waals surface area contributed by atoms with Gasteiger partial charge in [-0.15, -0.1) is 0 Å². The number of rotatable bonds is 6. The number of ether oxygens (including phenoxy) is 2. The molecule has 1 aliphatic rings. The molecule has 3 aromatic carbocycles. The van der Waals surface area contributed by atoms with Crippen LogP contribution in [0.15, 0.2) is 71.6 Å². The van der Waals surface area contributed by atoms with Crippen molar-refractivity contribution >= 4 is 32.3 Å². The van der Waals surface area contributed by atoms with Gasteiger partial charge in [0.25, 0.3) is 5.91 Å². The molecule has 0 bridgehead atoms. The quantitative estimate of drug-likeness (QED) is 0.446. The molecule has 0 aliphatic carbocycles. The van der Waals surface area contributed by atoms with E-state index in [9.17, 15) is 13.2 Å². The number of carbonyl (C=O) groups excluding carboxylic acids is 1. The third-order valence-corrected chi connectivity index (χ3v) is 7.88. The fraction of sp³-hybridized carbons (Fsp3) is 0.200. The maximum absolute atomic E-state index is 13.1. The molecular formula is C25H23N3O5S. The van der Waals surface area contributed by atoms with E-state index in [-0.39, 0.29) is 12.7 Å². The van der Waals surface area contributed by atoms with Crippen LogP contribution in [0.3, 0.4) is 0 Å². The summed E-state index contributed by atoms with van der Waals surface area (Å²) in [6, 6.07) is 19.5. The van der Waals surface area contributed by atoms with Crippen LogP contribution in [0.1, 0.15) is 29.9 Å². The van der Waals surface area contributed by atoms with Crippen molar-refractivity contribution in [1.82, 2.24) is 9.78 Å². The molecule has 1 N–H and O–H groups in total. The molecular weight excluding hydrogens is 454 g/mol. The molecule has 0 saturated carbocycles. The molecule has 0 fully saturated rings. The molecule has 0 spiro atoms. The molecule has 4 aromatic rings. The Hall–Kier alpha value is -3.85. The van der Waals surface area contributed by atoms with Crippen LogP contribution in [-0.4, -0.2) is 36.1 Å². The normalized spacial score (nSPS) is 12.9. The maximum Gasteiger partial charge on any atom is 0.276 e. The minimum atomic E-state index is -3.33. The zero-order valence-corrected chi connectivity index (χ0v) is 19.5. The summed E-state index contributed by atoms with van der Waals surface area (Å²) in [7, 11) is -3.33. The number of nitrogens with one attached hydrogen (secondary N) is 1. The standard InChI is InChI=1S/C25H23N3O5S/c1-16(2)34(30,31)19-10-7-17(8-11-19)14-28-21-6-4-3-5-20(21)24(27-28)25(29)26-18-9-12-22-23(13-18)33-15-32-22/h3-13,16H,14-15H2,1-2H3,(H,26,29). The van der Waals surface area contributed by atoms with Crippen molar-refractivity contribution in [3.63, 3.8) is 0 Å². The van der Waals surface area contributed by atoms with Gasteiger partial charge in [-0.25, -0.2) is 8.42 Å². The highest BCUT2D eigenvalue weighted by atomic mass is 32.2. The Balaban J connectivity index is 1.42. The maximum atomic E-state index is 13.1. The van der Waals surface area contributed by atoms with Gasteiger partial charge in [-0.05, 0) is 49.7 Å². The van der Waals surface area contributed by atoms with Crippen molar-refractivity contribution < 1.29 is 22.7 Å². The van der Waals surface area contributed by atoms with Crippen LogP contribution in [0.2, 0.25) is 0 Å². The molecule has 0 radical (unpaired) electrons. The summed E-state index contributed by atoms with van der Waals surface area (Å²) in [5.41, 5.74) is 2.55. The summed E-state index contributed by atoms with van der Waals surface area (Å²) < 4.78 is 37.2. The Morgan fingerprint density at radius 1 is 1.03 bits per heavy atom. The van der Waals surface area contributed by atoms with Gasteiger partial charge in [0.15, 0.2) is 27.0 Å². The van der Waals surface area contributed by atoms with Crippen molar-refractivity contribution in [3.05, 3.63) is 78.0 Å². The van der Waals surface area contributed by atoms with Crippen LogP contribution in [0.25, 0.3) is 10.9 Å². The topological polar surface area (TPSA) is 99.5 Å². The molecule has 2 heterocycles. The van der Waals surface area contributed by atoms with Crippen molar-refractivity contribution in [1.29, 1.82) is 0 Å². The lowest BCUT2D eigenvalue weighted by atomic mass is 10.2. The third kappa shape index (κ3) is 3.99. The lowest BCUT2D eigenvalue weighted by Gasteiger charge is -2.09. The summed E-state index contributed by atoms with van der Waals surface area (Å²) in [6.45, 7) is 3.87. The summed E-state index contributed by atoms with van der Waals surface area (Å²) in [4.78, 5) is 13.4. The highest BCUT2D eigenvalue weighted by Gasteiger charge is 2.21. The van der Waals surface area contributed by atoms with Crippen LogP contribution in [0.4, 0.5) is 5.69 Å². The number of sulfone groups is 1. The van der Waals surface area contributed by atoms with Crippen molar-refractivity contribution in [2.75, 3.05) is 12.1 Å². The first-order valence-corrected chi connectivity index (χ1v) is 12.4. The summed E-state index contributed by atoms with van der Waals surface area (Å²) in [5.74, 6) is 0.878. The number of fused-ring (bicyclic) bond motifs is 2. The lowest BCUT2D eigenvalue weighted by Crippen LogP contribution is -2.14. The molecule has 8 nitrogen and oxygen atoms in total. The van der Waals surface area contributed by atoms with E-state index < -0.39 is 15.1 Å². The lowest BCUT2D eigenvalue weighted by molar-refractivity contribution is 0.102. The van der Waals surface area contributed by atoms with E-state index in [0.29, 0.717) is 34.3 Å². The summed E-state index contributed by atoms with van der Waals surface area (Å²) >= 11 is 0. The molecule has 9 heteroatoms. The minimum Gasteiger partial charge on any atom is -0.454 e. The van der Waals surface area contributed by atoms with Gasteiger partial charge >= 0.3 is 0 Å². The van der Waals surface area contributed by atoms with E-state index in [0.717, 1.165) is 16.5 Å². The Morgan fingerprint density at radius 3 is 2.53 bits per heavy atom. The smallest absolute Gasteiger partial charge is 0.276 e. The molecule has 1 aliphatic heterocycles. The largest absolute Gasteiger partial charge is 0.454 e. The first kappa shape index (κ1) is 22.0. The molecule has 174 valence electrons. The van der Waals surface area contributed by atoms with Crippen LogP contribution >= 0.6 is 0 Å². The van der Waals surface area contributed by atoms with E-state index in [2.05, 4.69) is 10.4 Å². The monoisotopic (exact) mass is 477 g/mol. The van der Waals surface area contributed by atoms with Gasteiger partial charge in [0, 0.05) is 17.1 Å². The van der Waals surface area contributed by atoms with Gasteiger partial charge in [-0.3, -0.25) is 9.48 Å². The molecule has 5 rings (SSSR count). The first-order valence-electron chi connectivity index (χ1n) is 10.8. The predicted octanol–water partition coefficient (Wildman–Crippen LogP) is 4.25. The van der Waals surface area contributed by atoms with E-state index in [4.69, 9.17) is 9.47 Å². The number of nitrogens with zero attached hydrogens (tertiary/aromatic N) is 2. The Kier molecular flexibility index (Phi) is 5.49. The average molecular weight is 478 g/mol. The third-order valence-electron chi connectivity index (χ3n) is 5.71. The van der Waals surface area contributed by atoms with Gasteiger partial charge in [0.1, 0.15) is 0 Å². The number of benzene rings is 3. The zero-order chi connectivity index (χ0) is 23.9. The highest BCUT2D eigenvalue weighted by Crippen LogP contribution is 2.34.